The van der Waals surface area contributed by atoms with Crippen molar-refractivity contribution in [2.45, 2.75) is 115 Å². The monoisotopic (exact) mass is 949 g/mol. The summed E-state index contributed by atoms with van der Waals surface area (Å²) in [6.45, 7) is 2.61. The lowest BCUT2D eigenvalue weighted by molar-refractivity contribution is -0.145. The van der Waals surface area contributed by atoms with Gasteiger partial charge in [-0.15, -0.1) is 5.10 Å². The molecule has 1 aliphatic rings. The van der Waals surface area contributed by atoms with Gasteiger partial charge in [0.1, 0.15) is 48.3 Å². The molecule has 23 heteroatoms. The first kappa shape index (κ1) is 56.3. The van der Waals surface area contributed by atoms with Crippen LogP contribution in [0.1, 0.15) is 112 Å². The first-order valence-corrected chi connectivity index (χ1v) is 23.7. The minimum absolute atomic E-state index is 0.0345. The molecule has 7 N–H and O–H groups in total. The molecular formula is C43H63N7O15S. The predicted octanol–water partition coefficient (Wildman–Crippen LogP) is 1.79. The maximum absolute atomic E-state index is 12.5. The van der Waals surface area contributed by atoms with Crippen LogP contribution >= 0.6 is 0 Å². The lowest BCUT2D eigenvalue weighted by Gasteiger charge is -2.16. The summed E-state index contributed by atoms with van der Waals surface area (Å²) in [4.78, 5) is 109. The molecule has 0 fully saturated rings. The predicted molar refractivity (Wildman–Crippen MR) is 237 cm³/mol. The van der Waals surface area contributed by atoms with E-state index in [0.717, 1.165) is 5.56 Å². The van der Waals surface area contributed by atoms with Gasteiger partial charge in [-0.3, -0.25) is 38.4 Å². The number of amides is 4. The van der Waals surface area contributed by atoms with Crippen LogP contribution in [0.4, 0.5) is 0 Å². The van der Waals surface area contributed by atoms with Crippen molar-refractivity contribution in [1.82, 2.24) is 16.0 Å². The van der Waals surface area contributed by atoms with E-state index in [4.69, 9.17) is 15.2 Å². The number of unbranched alkanes of at least 4 members (excludes halogenated alkanes) is 1. The number of ketones is 3. The van der Waals surface area contributed by atoms with E-state index in [1.165, 1.54) is 0 Å². The summed E-state index contributed by atoms with van der Waals surface area (Å²) in [5, 5.41) is 37.7. The molecule has 22 nitrogen and oxygen atoms in total. The van der Waals surface area contributed by atoms with E-state index in [-0.39, 0.29) is 89.5 Å². The quantitative estimate of drug-likeness (QED) is 0.0515. The Labute approximate surface area is 383 Å². The molecule has 0 bridgehead atoms. The van der Waals surface area contributed by atoms with Crippen molar-refractivity contribution in [3.05, 3.63) is 35.4 Å². The molecule has 2 rings (SSSR count). The number of nitrogens with one attached hydrogen (secondary N) is 3. The van der Waals surface area contributed by atoms with Gasteiger partial charge < -0.3 is 41.4 Å². The molecule has 0 aromatic heterocycles. The summed E-state index contributed by atoms with van der Waals surface area (Å²) >= 11 is 0. The smallest absolute Gasteiger partial charge is 0.326 e. The van der Waals surface area contributed by atoms with Crippen LogP contribution in [0.5, 0.6) is 0 Å². The van der Waals surface area contributed by atoms with Crippen LogP contribution in [-0.4, -0.2) is 140 Å². The second-order valence-electron chi connectivity index (χ2n) is 15.9. The number of aryl methyl sites for hydroxylation is 1. The Morgan fingerprint density at radius 2 is 1.41 bits per heavy atom. The summed E-state index contributed by atoms with van der Waals surface area (Å²) in [5.41, 5.74) is 7.72. The van der Waals surface area contributed by atoms with Crippen LogP contribution in [0.3, 0.4) is 0 Å². The zero-order valence-corrected chi connectivity index (χ0v) is 38.2. The Hall–Kier alpha value is -5.81. The number of carboxylic acid groups (broad SMARTS) is 2. The van der Waals surface area contributed by atoms with Gasteiger partial charge in [0.15, 0.2) is 9.84 Å². The Bertz CT molecular complexity index is 1990. The lowest BCUT2D eigenvalue weighted by atomic mass is 9.95. The van der Waals surface area contributed by atoms with Gasteiger partial charge >= 0.3 is 11.9 Å². The molecule has 3 atom stereocenters. The second-order valence-corrected chi connectivity index (χ2v) is 18.1. The van der Waals surface area contributed by atoms with Crippen LogP contribution in [0.25, 0.3) is 0 Å². The molecule has 0 saturated heterocycles. The van der Waals surface area contributed by atoms with Gasteiger partial charge in [-0.2, -0.15) is 5.11 Å². The minimum Gasteiger partial charge on any atom is -0.481 e. The zero-order valence-electron chi connectivity index (χ0n) is 37.3. The average Bonchev–Trinajstić information content (AvgIpc) is 3.77. The van der Waals surface area contributed by atoms with Crippen molar-refractivity contribution in [3.8, 4) is 0 Å². The molecule has 366 valence electrons. The van der Waals surface area contributed by atoms with Crippen LogP contribution < -0.4 is 21.7 Å². The van der Waals surface area contributed by atoms with Crippen molar-refractivity contribution < 1.29 is 71.3 Å². The number of primary amides is 1. The molecule has 1 heterocycles. The number of carbonyl (C=O) groups is 9. The summed E-state index contributed by atoms with van der Waals surface area (Å²) in [6.07, 6.45) is 0.663. The molecule has 0 radical (unpaired) electrons. The molecule has 0 aliphatic carbocycles. The van der Waals surface area contributed by atoms with E-state index in [0.29, 0.717) is 56.5 Å². The molecule has 1 aromatic rings. The zero-order chi connectivity index (χ0) is 48.9. The summed E-state index contributed by atoms with van der Waals surface area (Å²) < 4.78 is 35.4. The van der Waals surface area contributed by atoms with Gasteiger partial charge in [-0.1, -0.05) is 17.7 Å². The highest BCUT2D eigenvalue weighted by Crippen LogP contribution is 2.16. The lowest BCUT2D eigenvalue weighted by Crippen LogP contribution is -2.45. The van der Waals surface area contributed by atoms with Gasteiger partial charge in [0.2, 0.25) is 17.7 Å². The number of carbonyl (C=O) groups excluding carboxylic acids is 7. The Balaban J connectivity index is 1.55. The second kappa shape index (κ2) is 31.2. The third kappa shape index (κ3) is 25.6. The molecule has 1 aromatic carbocycles. The maximum atomic E-state index is 12.5. The van der Waals surface area contributed by atoms with E-state index in [2.05, 4.69) is 31.4 Å². The van der Waals surface area contributed by atoms with Gasteiger partial charge in [-0.05, 0) is 82.1 Å². The summed E-state index contributed by atoms with van der Waals surface area (Å²) in [7, 11) is -3.79. The highest BCUT2D eigenvalue weighted by Gasteiger charge is 2.26. The largest absolute Gasteiger partial charge is 0.481 e. The van der Waals surface area contributed by atoms with Gasteiger partial charge in [0.05, 0.1) is 30.6 Å². The summed E-state index contributed by atoms with van der Waals surface area (Å²) in [5.74, 6) is -8.72. The van der Waals surface area contributed by atoms with Crippen molar-refractivity contribution in [2.24, 2.45) is 27.1 Å². The van der Waals surface area contributed by atoms with Crippen molar-refractivity contribution in [3.63, 3.8) is 0 Å². The van der Waals surface area contributed by atoms with Crippen LogP contribution in [-0.2, 0) is 57.7 Å². The number of ether oxygens (including phenoxy) is 2. The van der Waals surface area contributed by atoms with Crippen LogP contribution in [0, 0.1) is 12.8 Å². The number of benzene rings is 1. The molecule has 0 saturated carbocycles. The number of hydrogen-bond acceptors (Lipinski definition) is 16. The minimum atomic E-state index is -3.79. The Morgan fingerprint density at radius 1 is 0.727 bits per heavy atom. The van der Waals surface area contributed by atoms with Crippen molar-refractivity contribution >= 4 is 68.5 Å². The molecule has 66 heavy (non-hydrogen) atoms. The number of hydrogen-bond donors (Lipinski definition) is 6. The van der Waals surface area contributed by atoms with Crippen molar-refractivity contribution in [2.75, 3.05) is 51.0 Å². The average molecular weight is 950 g/mol. The van der Waals surface area contributed by atoms with Gasteiger partial charge in [0.25, 0.3) is 5.91 Å². The van der Waals surface area contributed by atoms with Crippen LogP contribution in [0.2, 0.25) is 0 Å². The normalized spacial score (nSPS) is 13.5. The highest BCUT2D eigenvalue weighted by atomic mass is 32.2. The fourth-order valence-corrected chi connectivity index (χ4v) is 7.81. The molecular weight excluding hydrogens is 887 g/mol. The van der Waals surface area contributed by atoms with Gasteiger partial charge in [-0.25, -0.2) is 13.2 Å². The van der Waals surface area contributed by atoms with Crippen LogP contribution in [0.15, 0.2) is 39.7 Å². The SMILES string of the molecule is Cc1ccc(C(=O)NCCCCC(NC(=O)COCCOCCCC(=O)CCC(NC(=O)CCC(CC(=O)CCCS(=O)(=O)CC(=O)CCCC2=NN=NC2)C(=O)O)C(=O)O)C(N)=O)cc1. The topological polar surface area (TPSA) is 346 Å². The maximum Gasteiger partial charge on any atom is 0.326 e. The molecule has 0 spiro atoms. The number of Topliss-reactive ketones (excluding diaryl/α,β-unsaturated/α-hetero) is 3. The highest BCUT2D eigenvalue weighted by molar-refractivity contribution is 7.92. The van der Waals surface area contributed by atoms with E-state index < -0.39 is 93.4 Å². The first-order chi connectivity index (χ1) is 31.3. The molecule has 1 aliphatic heterocycles. The Kier molecular flexibility index (Phi) is 26.6. The van der Waals surface area contributed by atoms with Gasteiger partial charge in [0, 0.05) is 57.2 Å². The number of sulfone groups is 1. The van der Waals surface area contributed by atoms with E-state index in [9.17, 15) is 61.8 Å². The van der Waals surface area contributed by atoms with E-state index >= 15 is 0 Å². The number of nitrogens with zero attached hydrogens (tertiary/aromatic N) is 3. The first-order valence-electron chi connectivity index (χ1n) is 21.9. The third-order valence-corrected chi connectivity index (χ3v) is 11.8. The van der Waals surface area contributed by atoms with E-state index in [1.807, 2.05) is 19.1 Å². The Morgan fingerprint density at radius 3 is 2.08 bits per heavy atom. The van der Waals surface area contributed by atoms with E-state index in [1.54, 1.807) is 12.1 Å². The summed E-state index contributed by atoms with van der Waals surface area (Å²) in [6, 6.07) is 4.80. The fraction of sp³-hybridized carbons (Fsp3) is 0.628. The number of rotatable bonds is 38. The standard InChI is InChI=1S/C43H63N7O15S/c1-29-12-14-30(15-13-29)41(57)45-20-3-2-11-36(40(44)56)47-39(55)27-65-23-22-64-21-5-9-33(51)17-18-37(43(60)61)48-38(54)19-16-31(42(58)59)25-34(52)10-6-24-66(62,63)28-35(53)8-4-7-32-26-46-50-49-32/h12-15,31,36-37H,2-11,16-28H2,1H3,(H2,44,56)(H,45,57)(H,47,55)(H,48,54)(H,58,59)(H,60,61). The molecule has 3 unspecified atom stereocenters. The molecule has 4 amide bonds. The number of aliphatic carboxylic acids is 2. The third-order valence-electron chi connectivity index (χ3n) is 10.2. The van der Waals surface area contributed by atoms with Crippen molar-refractivity contribution in [1.29, 1.82) is 0 Å². The number of nitrogens with two attached hydrogens (primary N) is 1. The fourth-order valence-electron chi connectivity index (χ4n) is 6.45. The number of carboxylic acids is 2.